The molecule has 6 heteroatoms. The molecule has 106 valence electrons. The maximum Gasteiger partial charge on any atom is 0.276 e. The fraction of sp³-hybridized carbons (Fsp3) is 0.692. The minimum Gasteiger partial charge on any atom is -0.383 e. The van der Waals surface area contributed by atoms with E-state index in [9.17, 15) is 4.79 Å². The van der Waals surface area contributed by atoms with Gasteiger partial charge in [0.25, 0.3) is 5.91 Å². The summed E-state index contributed by atoms with van der Waals surface area (Å²) < 4.78 is 10.0. The molecule has 1 saturated heterocycles. The molecule has 1 aromatic heterocycles. The molecule has 1 aliphatic heterocycles. The highest BCUT2D eigenvalue weighted by Crippen LogP contribution is 2.11. The highest BCUT2D eigenvalue weighted by molar-refractivity contribution is 5.92. The van der Waals surface area contributed by atoms with Crippen LogP contribution in [0.15, 0.2) is 10.6 Å². The quantitative estimate of drug-likeness (QED) is 0.826. The summed E-state index contributed by atoms with van der Waals surface area (Å²) in [5.74, 6) is 0.552. The average Bonchev–Trinajstić information content (AvgIpc) is 3.05. The standard InChI is InChI=1S/C13H21N3O3/c1-10-8-12(15-19-10)13(17)16(6-7-18-2)9-11-4-3-5-14-11/h8,11,14H,3-7,9H2,1-2H3. The zero-order valence-corrected chi connectivity index (χ0v) is 11.5. The molecular weight excluding hydrogens is 246 g/mol. The molecule has 0 radical (unpaired) electrons. The van der Waals surface area contributed by atoms with Crippen molar-refractivity contribution in [2.75, 3.05) is 33.4 Å². The Labute approximate surface area is 113 Å². The lowest BCUT2D eigenvalue weighted by molar-refractivity contribution is 0.0669. The van der Waals surface area contributed by atoms with Gasteiger partial charge in [-0.25, -0.2) is 0 Å². The van der Waals surface area contributed by atoms with Gasteiger partial charge in [0.05, 0.1) is 6.61 Å². The van der Waals surface area contributed by atoms with E-state index in [1.165, 1.54) is 6.42 Å². The van der Waals surface area contributed by atoms with Gasteiger partial charge in [-0.1, -0.05) is 5.16 Å². The average molecular weight is 267 g/mol. The highest BCUT2D eigenvalue weighted by Gasteiger charge is 2.24. The number of aryl methyl sites for hydroxylation is 1. The topological polar surface area (TPSA) is 67.6 Å². The summed E-state index contributed by atoms with van der Waals surface area (Å²) in [6, 6.07) is 2.04. The van der Waals surface area contributed by atoms with Crippen LogP contribution in [0.2, 0.25) is 0 Å². The van der Waals surface area contributed by atoms with Crippen LogP contribution in [0.25, 0.3) is 0 Å². The molecule has 0 aromatic carbocycles. The van der Waals surface area contributed by atoms with Gasteiger partial charge in [0.15, 0.2) is 5.69 Å². The number of hydrogen-bond donors (Lipinski definition) is 1. The first-order valence-corrected chi connectivity index (χ1v) is 6.65. The smallest absolute Gasteiger partial charge is 0.276 e. The largest absolute Gasteiger partial charge is 0.383 e. The molecule has 2 heterocycles. The van der Waals surface area contributed by atoms with Crippen molar-refractivity contribution in [1.29, 1.82) is 0 Å². The fourth-order valence-electron chi connectivity index (χ4n) is 2.28. The summed E-state index contributed by atoms with van der Waals surface area (Å²) in [4.78, 5) is 14.2. The summed E-state index contributed by atoms with van der Waals surface area (Å²) in [7, 11) is 1.64. The first-order chi connectivity index (χ1) is 9.20. The highest BCUT2D eigenvalue weighted by atomic mass is 16.5. The van der Waals surface area contributed by atoms with Crippen molar-refractivity contribution in [1.82, 2.24) is 15.4 Å². The van der Waals surface area contributed by atoms with Crippen LogP contribution in [0, 0.1) is 6.92 Å². The molecule has 1 atom stereocenters. The van der Waals surface area contributed by atoms with Gasteiger partial charge in [-0.15, -0.1) is 0 Å². The second kappa shape index (κ2) is 6.68. The van der Waals surface area contributed by atoms with E-state index in [-0.39, 0.29) is 5.91 Å². The number of aromatic nitrogens is 1. The van der Waals surface area contributed by atoms with Gasteiger partial charge in [-0.3, -0.25) is 4.79 Å². The second-order valence-corrected chi connectivity index (χ2v) is 4.86. The third-order valence-electron chi connectivity index (χ3n) is 3.30. The maximum absolute atomic E-state index is 12.4. The van der Waals surface area contributed by atoms with E-state index in [1.54, 1.807) is 25.0 Å². The van der Waals surface area contributed by atoms with Gasteiger partial charge in [0.1, 0.15) is 5.76 Å². The van der Waals surface area contributed by atoms with Crippen LogP contribution in [0.4, 0.5) is 0 Å². The molecule has 1 amide bonds. The third kappa shape index (κ3) is 3.78. The van der Waals surface area contributed by atoms with Crippen molar-refractivity contribution >= 4 is 5.91 Å². The zero-order chi connectivity index (χ0) is 13.7. The van der Waals surface area contributed by atoms with Crippen LogP contribution in [0.1, 0.15) is 29.1 Å². The molecule has 0 saturated carbocycles. The molecule has 0 aliphatic carbocycles. The molecule has 0 spiro atoms. The number of carbonyl (C=O) groups excluding carboxylic acids is 1. The number of amides is 1. The van der Waals surface area contributed by atoms with Crippen LogP contribution in [0.5, 0.6) is 0 Å². The predicted molar refractivity (Wildman–Crippen MR) is 70.0 cm³/mol. The van der Waals surface area contributed by atoms with E-state index in [0.717, 1.165) is 13.0 Å². The Morgan fingerprint density at radius 3 is 3.11 bits per heavy atom. The van der Waals surface area contributed by atoms with E-state index in [2.05, 4.69) is 10.5 Å². The molecule has 6 nitrogen and oxygen atoms in total. The van der Waals surface area contributed by atoms with E-state index in [4.69, 9.17) is 9.26 Å². The molecule has 2 rings (SSSR count). The maximum atomic E-state index is 12.4. The Hall–Kier alpha value is -1.40. The normalized spacial score (nSPS) is 18.7. The molecular formula is C13H21N3O3. The van der Waals surface area contributed by atoms with Crippen LogP contribution in [-0.4, -0.2) is 55.4 Å². The lowest BCUT2D eigenvalue weighted by Crippen LogP contribution is -2.42. The Kier molecular flexibility index (Phi) is 4.93. The fourth-order valence-corrected chi connectivity index (χ4v) is 2.28. The SMILES string of the molecule is COCCN(CC1CCCN1)C(=O)c1cc(C)on1. The number of nitrogens with one attached hydrogen (secondary N) is 1. The lowest BCUT2D eigenvalue weighted by atomic mass is 10.2. The summed E-state index contributed by atoms with van der Waals surface area (Å²) in [5, 5.41) is 7.19. The van der Waals surface area contributed by atoms with Crippen molar-refractivity contribution in [2.24, 2.45) is 0 Å². The number of methoxy groups -OCH3 is 1. The number of ether oxygens (including phenoxy) is 1. The molecule has 1 unspecified atom stereocenters. The number of rotatable bonds is 6. The van der Waals surface area contributed by atoms with Gasteiger partial charge >= 0.3 is 0 Å². The van der Waals surface area contributed by atoms with E-state index < -0.39 is 0 Å². The summed E-state index contributed by atoms with van der Waals surface area (Å²) in [6.07, 6.45) is 2.27. The minimum atomic E-state index is -0.0948. The summed E-state index contributed by atoms with van der Waals surface area (Å²) in [5.41, 5.74) is 0.367. The van der Waals surface area contributed by atoms with Gasteiger partial charge in [0.2, 0.25) is 0 Å². The van der Waals surface area contributed by atoms with Gasteiger partial charge in [-0.05, 0) is 26.3 Å². The van der Waals surface area contributed by atoms with Crippen molar-refractivity contribution in [3.63, 3.8) is 0 Å². The monoisotopic (exact) mass is 267 g/mol. The van der Waals surface area contributed by atoms with Gasteiger partial charge < -0.3 is 19.5 Å². The van der Waals surface area contributed by atoms with Crippen molar-refractivity contribution in [3.05, 3.63) is 17.5 Å². The summed E-state index contributed by atoms with van der Waals surface area (Å²) >= 11 is 0. The predicted octanol–water partition coefficient (Wildman–Crippen LogP) is 0.824. The molecule has 1 fully saturated rings. The molecule has 1 aromatic rings. The Balaban J connectivity index is 2.00. The van der Waals surface area contributed by atoms with Crippen LogP contribution in [-0.2, 0) is 4.74 Å². The number of nitrogens with zero attached hydrogens (tertiary/aromatic N) is 2. The second-order valence-electron chi connectivity index (χ2n) is 4.86. The van der Waals surface area contributed by atoms with Gasteiger partial charge in [0, 0.05) is 32.3 Å². The van der Waals surface area contributed by atoms with Crippen LogP contribution < -0.4 is 5.32 Å². The Morgan fingerprint density at radius 2 is 2.53 bits per heavy atom. The minimum absolute atomic E-state index is 0.0948. The number of hydrogen-bond acceptors (Lipinski definition) is 5. The molecule has 0 bridgehead atoms. The summed E-state index contributed by atoms with van der Waals surface area (Å²) in [6.45, 7) is 4.59. The van der Waals surface area contributed by atoms with Crippen molar-refractivity contribution < 1.29 is 14.1 Å². The Bertz CT molecular complexity index is 413. The first-order valence-electron chi connectivity index (χ1n) is 6.65. The van der Waals surface area contributed by atoms with Crippen LogP contribution in [0.3, 0.4) is 0 Å². The molecule has 1 aliphatic rings. The van der Waals surface area contributed by atoms with Crippen LogP contribution >= 0.6 is 0 Å². The lowest BCUT2D eigenvalue weighted by Gasteiger charge is -2.24. The molecule has 19 heavy (non-hydrogen) atoms. The Morgan fingerprint density at radius 1 is 1.68 bits per heavy atom. The number of carbonyl (C=O) groups is 1. The van der Waals surface area contributed by atoms with E-state index >= 15 is 0 Å². The third-order valence-corrected chi connectivity index (χ3v) is 3.30. The molecule has 1 N–H and O–H groups in total. The van der Waals surface area contributed by atoms with Crippen molar-refractivity contribution in [2.45, 2.75) is 25.8 Å². The van der Waals surface area contributed by atoms with Crippen molar-refractivity contribution in [3.8, 4) is 0 Å². The zero-order valence-electron chi connectivity index (χ0n) is 11.5. The van der Waals surface area contributed by atoms with E-state index in [1.807, 2.05) is 0 Å². The van der Waals surface area contributed by atoms with Gasteiger partial charge in [-0.2, -0.15) is 0 Å². The van der Waals surface area contributed by atoms with E-state index in [0.29, 0.717) is 37.2 Å². The first kappa shape index (κ1) is 14.0.